The summed E-state index contributed by atoms with van der Waals surface area (Å²) in [5.74, 6) is 0. The van der Waals surface area contributed by atoms with Crippen LogP contribution in [0.15, 0.2) is 24.3 Å². The zero-order valence-electron chi connectivity index (χ0n) is 9.79. The summed E-state index contributed by atoms with van der Waals surface area (Å²) in [6.07, 6.45) is 5.39. The number of rotatable bonds is 3. The standard InChI is InChI=1S/C14H18N2/c1-14(8-2-3-9-14)11-16-13-6-4-12(10-15)5-7-13/h4-7,16H,2-3,8-9,11H2,1H3. The van der Waals surface area contributed by atoms with E-state index in [1.54, 1.807) is 0 Å². The van der Waals surface area contributed by atoms with Gasteiger partial charge in [-0.05, 0) is 42.5 Å². The second kappa shape index (κ2) is 4.57. The van der Waals surface area contributed by atoms with Gasteiger partial charge >= 0.3 is 0 Å². The second-order valence-corrected chi connectivity index (χ2v) is 5.06. The molecule has 1 aromatic carbocycles. The van der Waals surface area contributed by atoms with Gasteiger partial charge in [-0.2, -0.15) is 5.26 Å². The molecule has 0 heterocycles. The Hall–Kier alpha value is -1.49. The van der Waals surface area contributed by atoms with Gasteiger partial charge in [0.2, 0.25) is 0 Å². The summed E-state index contributed by atoms with van der Waals surface area (Å²) in [5.41, 5.74) is 2.30. The fourth-order valence-corrected chi connectivity index (χ4v) is 2.38. The quantitative estimate of drug-likeness (QED) is 0.835. The van der Waals surface area contributed by atoms with E-state index >= 15 is 0 Å². The predicted molar refractivity (Wildman–Crippen MR) is 66.2 cm³/mol. The Morgan fingerprint density at radius 2 is 1.88 bits per heavy atom. The number of nitrogens with zero attached hydrogens (tertiary/aromatic N) is 1. The topological polar surface area (TPSA) is 35.8 Å². The molecule has 0 atom stereocenters. The maximum Gasteiger partial charge on any atom is 0.0991 e. The molecule has 1 aliphatic rings. The molecule has 84 valence electrons. The Bertz CT molecular complexity index is 380. The van der Waals surface area contributed by atoms with Crippen LogP contribution in [-0.4, -0.2) is 6.54 Å². The van der Waals surface area contributed by atoms with Crippen molar-refractivity contribution >= 4 is 5.69 Å². The van der Waals surface area contributed by atoms with Gasteiger partial charge in [0.05, 0.1) is 11.6 Å². The second-order valence-electron chi connectivity index (χ2n) is 5.06. The molecule has 0 bridgehead atoms. The largest absolute Gasteiger partial charge is 0.384 e. The van der Waals surface area contributed by atoms with Crippen molar-refractivity contribution in [2.75, 3.05) is 11.9 Å². The van der Waals surface area contributed by atoms with Crippen LogP contribution in [-0.2, 0) is 0 Å². The Balaban J connectivity index is 1.92. The average molecular weight is 214 g/mol. The number of benzene rings is 1. The van der Waals surface area contributed by atoms with Crippen LogP contribution in [0.1, 0.15) is 38.2 Å². The van der Waals surface area contributed by atoms with Gasteiger partial charge in [0.25, 0.3) is 0 Å². The highest BCUT2D eigenvalue weighted by Crippen LogP contribution is 2.37. The van der Waals surface area contributed by atoms with E-state index in [2.05, 4.69) is 18.3 Å². The van der Waals surface area contributed by atoms with Crippen LogP contribution < -0.4 is 5.32 Å². The maximum absolute atomic E-state index is 8.70. The molecule has 1 aromatic rings. The molecule has 0 saturated heterocycles. The van der Waals surface area contributed by atoms with E-state index < -0.39 is 0 Å². The molecular weight excluding hydrogens is 196 g/mol. The fraction of sp³-hybridized carbons (Fsp3) is 0.500. The third kappa shape index (κ3) is 2.55. The molecule has 0 spiro atoms. The number of hydrogen-bond acceptors (Lipinski definition) is 2. The van der Waals surface area contributed by atoms with Crippen LogP contribution in [0.2, 0.25) is 0 Å². The number of nitriles is 1. The van der Waals surface area contributed by atoms with E-state index in [1.807, 2.05) is 24.3 Å². The molecule has 1 fully saturated rings. The molecule has 1 aliphatic carbocycles. The minimum Gasteiger partial charge on any atom is -0.384 e. The normalized spacial score (nSPS) is 18.0. The van der Waals surface area contributed by atoms with Crippen molar-refractivity contribution in [2.24, 2.45) is 5.41 Å². The third-order valence-electron chi connectivity index (χ3n) is 3.54. The molecule has 1 N–H and O–H groups in total. The number of anilines is 1. The Kier molecular flexibility index (Phi) is 3.14. The highest BCUT2D eigenvalue weighted by Gasteiger charge is 2.27. The van der Waals surface area contributed by atoms with Crippen LogP contribution in [0.5, 0.6) is 0 Å². The Labute approximate surface area is 97.3 Å². The smallest absolute Gasteiger partial charge is 0.0991 e. The Morgan fingerprint density at radius 3 is 2.44 bits per heavy atom. The summed E-state index contributed by atoms with van der Waals surface area (Å²) in [4.78, 5) is 0. The minimum absolute atomic E-state index is 0.466. The number of hydrogen-bond donors (Lipinski definition) is 1. The zero-order valence-corrected chi connectivity index (χ0v) is 9.79. The lowest BCUT2D eigenvalue weighted by Gasteiger charge is -2.24. The summed E-state index contributed by atoms with van der Waals surface area (Å²) < 4.78 is 0. The van der Waals surface area contributed by atoms with Crippen LogP contribution in [0.4, 0.5) is 5.69 Å². The van der Waals surface area contributed by atoms with Crippen molar-refractivity contribution in [1.82, 2.24) is 0 Å². The van der Waals surface area contributed by atoms with Gasteiger partial charge in [-0.15, -0.1) is 0 Å². The lowest BCUT2D eigenvalue weighted by molar-refractivity contribution is 0.362. The first-order valence-electron chi connectivity index (χ1n) is 5.96. The van der Waals surface area contributed by atoms with Gasteiger partial charge in [0.1, 0.15) is 0 Å². The van der Waals surface area contributed by atoms with Gasteiger partial charge in [-0.25, -0.2) is 0 Å². The molecule has 0 unspecified atom stereocenters. The SMILES string of the molecule is CC1(CNc2ccc(C#N)cc2)CCCC1. The summed E-state index contributed by atoms with van der Waals surface area (Å²) in [5, 5.41) is 12.2. The summed E-state index contributed by atoms with van der Waals surface area (Å²) in [7, 11) is 0. The van der Waals surface area contributed by atoms with Gasteiger partial charge in [-0.3, -0.25) is 0 Å². The lowest BCUT2D eigenvalue weighted by Crippen LogP contribution is -2.22. The van der Waals surface area contributed by atoms with Crippen molar-refractivity contribution in [3.8, 4) is 6.07 Å². The monoisotopic (exact) mass is 214 g/mol. The fourth-order valence-electron chi connectivity index (χ4n) is 2.38. The van der Waals surface area contributed by atoms with E-state index in [4.69, 9.17) is 5.26 Å². The summed E-state index contributed by atoms with van der Waals surface area (Å²) in [6, 6.07) is 9.82. The minimum atomic E-state index is 0.466. The highest BCUT2D eigenvalue weighted by molar-refractivity contribution is 5.47. The zero-order chi connectivity index (χ0) is 11.4. The van der Waals surface area contributed by atoms with Crippen LogP contribution in [0, 0.1) is 16.7 Å². The van der Waals surface area contributed by atoms with Crippen molar-refractivity contribution in [1.29, 1.82) is 5.26 Å². The first-order chi connectivity index (χ1) is 7.72. The maximum atomic E-state index is 8.70. The first-order valence-corrected chi connectivity index (χ1v) is 5.96. The van der Waals surface area contributed by atoms with E-state index in [1.165, 1.54) is 25.7 Å². The first kappa shape index (κ1) is 11.0. The van der Waals surface area contributed by atoms with Crippen molar-refractivity contribution < 1.29 is 0 Å². The van der Waals surface area contributed by atoms with Crippen LogP contribution in [0.3, 0.4) is 0 Å². The molecule has 2 rings (SSSR count). The van der Waals surface area contributed by atoms with E-state index in [9.17, 15) is 0 Å². The van der Waals surface area contributed by atoms with E-state index in [0.29, 0.717) is 5.41 Å². The third-order valence-corrected chi connectivity index (χ3v) is 3.54. The molecule has 0 aliphatic heterocycles. The van der Waals surface area contributed by atoms with Gasteiger partial charge in [-0.1, -0.05) is 19.8 Å². The summed E-state index contributed by atoms with van der Waals surface area (Å²) >= 11 is 0. The van der Waals surface area contributed by atoms with Crippen molar-refractivity contribution in [2.45, 2.75) is 32.6 Å². The summed E-state index contributed by atoms with van der Waals surface area (Å²) in [6.45, 7) is 3.40. The highest BCUT2D eigenvalue weighted by atomic mass is 14.9. The molecular formula is C14H18N2. The van der Waals surface area contributed by atoms with E-state index in [-0.39, 0.29) is 0 Å². The molecule has 0 radical (unpaired) electrons. The van der Waals surface area contributed by atoms with Crippen molar-refractivity contribution in [3.05, 3.63) is 29.8 Å². The molecule has 2 nitrogen and oxygen atoms in total. The van der Waals surface area contributed by atoms with Crippen LogP contribution in [0.25, 0.3) is 0 Å². The van der Waals surface area contributed by atoms with Gasteiger partial charge in [0, 0.05) is 12.2 Å². The predicted octanol–water partition coefficient (Wildman–Crippen LogP) is 3.55. The lowest BCUT2D eigenvalue weighted by atomic mass is 9.89. The van der Waals surface area contributed by atoms with Crippen LogP contribution >= 0.6 is 0 Å². The van der Waals surface area contributed by atoms with Crippen molar-refractivity contribution in [3.63, 3.8) is 0 Å². The average Bonchev–Trinajstić information content (AvgIpc) is 2.75. The Morgan fingerprint density at radius 1 is 1.25 bits per heavy atom. The van der Waals surface area contributed by atoms with E-state index in [0.717, 1.165) is 17.8 Å². The number of nitrogens with one attached hydrogen (secondary N) is 1. The molecule has 0 amide bonds. The van der Waals surface area contributed by atoms with Gasteiger partial charge < -0.3 is 5.32 Å². The molecule has 0 aromatic heterocycles. The molecule has 1 saturated carbocycles. The van der Waals surface area contributed by atoms with Gasteiger partial charge in [0.15, 0.2) is 0 Å². The molecule has 2 heteroatoms. The molecule has 16 heavy (non-hydrogen) atoms.